The van der Waals surface area contributed by atoms with Gasteiger partial charge < -0.3 is 24.6 Å². The van der Waals surface area contributed by atoms with Crippen molar-refractivity contribution in [1.82, 2.24) is 25.0 Å². The Morgan fingerprint density at radius 3 is 2.07 bits per heavy atom. The molecule has 376 valence electrons. The summed E-state index contributed by atoms with van der Waals surface area (Å²) in [6, 6.07) is 10.3. The first-order chi connectivity index (χ1) is 32.4. The van der Waals surface area contributed by atoms with Gasteiger partial charge in [0.1, 0.15) is 18.3 Å². The highest BCUT2D eigenvalue weighted by Crippen LogP contribution is 2.79. The first-order valence-electron chi connectivity index (χ1n) is 27.1. The average Bonchev–Trinajstić information content (AvgIpc) is 3.91. The number of urea groups is 1. The summed E-state index contributed by atoms with van der Waals surface area (Å²) in [6.07, 6.45) is 12.1. The lowest BCUT2D eigenvalue weighted by Gasteiger charge is -2.74. The maximum Gasteiger partial charge on any atom is 0.318 e. The van der Waals surface area contributed by atoms with Gasteiger partial charge in [-0.05, 0) is 164 Å². The van der Waals surface area contributed by atoms with Crippen molar-refractivity contribution in [2.45, 2.75) is 209 Å². The highest BCUT2D eigenvalue weighted by molar-refractivity contribution is 6.02. The number of fused-ring (bicyclic) bond motifs is 9. The fourth-order valence-corrected chi connectivity index (χ4v) is 19.2. The lowest BCUT2D eigenvalue weighted by molar-refractivity contribution is -0.261. The number of Topliss-reactive ketones (excluding diaryl/α,β-unsaturated/α-hetero) is 1. The zero-order valence-corrected chi connectivity index (χ0v) is 44.0. The molecule has 2 aliphatic heterocycles. The number of aryl methyl sites for hydroxylation is 1. The zero-order chi connectivity index (χ0) is 49.6. The number of hydrogen-bond acceptors (Lipinski definition) is 7. The van der Waals surface area contributed by atoms with E-state index in [9.17, 15) is 19.5 Å². The Balaban J connectivity index is 0.897. The normalized spacial score (nSPS) is 40.7. The number of benzene rings is 1. The van der Waals surface area contributed by atoms with Gasteiger partial charge in [0.05, 0.1) is 16.9 Å². The standard InChI is InChI=1S/C58H83N5O6/c1-33(2)46-42(64)31-57(59-51(68)63-37-18-19-38(63)29-39(28-37)62-35(5)60-61-48(62)34(3)4)27-26-55(11)40(47(46)57)20-21-45-54(10)24-22-44(52(6,7)43(54)23-25-56(45,55)12)58(50(66)67)30-41(53(58,8)9)49(65)69-32-36-16-14-13-15-17-36/h13-17,33-34,37-41,43-45H,18-32H2,1-12H3,(H,59,68)(H,66,67)/t37-,38+,39-,40-,41+,43-,44+,45-,54-,55-,56-,57-,58-/m1/s1. The number of ether oxygens (including phenoxy) is 1. The molecule has 2 amide bonds. The van der Waals surface area contributed by atoms with E-state index in [0.717, 1.165) is 99.8 Å². The van der Waals surface area contributed by atoms with Crippen LogP contribution in [-0.4, -0.2) is 66.1 Å². The molecule has 7 fully saturated rings. The molecule has 11 heteroatoms. The van der Waals surface area contributed by atoms with Gasteiger partial charge in [-0.25, -0.2) is 4.79 Å². The second-order valence-electron chi connectivity index (χ2n) is 26.5. The second kappa shape index (κ2) is 16.2. The number of ketones is 1. The molecular weight excluding hydrogens is 863 g/mol. The molecule has 2 bridgehead atoms. The largest absolute Gasteiger partial charge is 0.481 e. The van der Waals surface area contributed by atoms with Crippen molar-refractivity contribution in [3.8, 4) is 0 Å². The highest BCUT2D eigenvalue weighted by atomic mass is 16.5. The molecule has 1 aromatic carbocycles. The molecule has 11 nitrogen and oxygen atoms in total. The van der Waals surface area contributed by atoms with Gasteiger partial charge in [0.2, 0.25) is 0 Å². The molecule has 13 atom stereocenters. The number of rotatable bonds is 9. The van der Waals surface area contributed by atoms with E-state index in [4.69, 9.17) is 4.74 Å². The molecule has 3 heterocycles. The molecule has 69 heavy (non-hydrogen) atoms. The van der Waals surface area contributed by atoms with Crippen LogP contribution in [0.1, 0.15) is 195 Å². The van der Waals surface area contributed by atoms with E-state index in [0.29, 0.717) is 24.7 Å². The minimum Gasteiger partial charge on any atom is -0.481 e. The van der Waals surface area contributed by atoms with Crippen molar-refractivity contribution in [2.24, 2.45) is 68.0 Å². The SMILES string of the molecule is Cc1nnc(C(C)C)n1[C@@H]1C[C@H]2CC[C@@H](C1)N2C(=O)N[C@@]12CC[C@]3(C)[C@H](CC[C@@H]4[C@]5(C)CC[C@H]([C@@]6(C(=O)O)C[C@@H](C(=O)OCc7ccccc7)C6(C)C)C(C)(C)[C@H]5CC[C@]43C)C1=C(C(C)C)C(=O)C2. The lowest BCUT2D eigenvalue weighted by atomic mass is 9.30. The van der Waals surface area contributed by atoms with E-state index in [1.807, 2.05) is 44.2 Å². The maximum absolute atomic E-state index is 15.0. The van der Waals surface area contributed by atoms with Gasteiger partial charge in [0.15, 0.2) is 5.78 Å². The van der Waals surface area contributed by atoms with Gasteiger partial charge in [0.25, 0.3) is 0 Å². The smallest absolute Gasteiger partial charge is 0.318 e. The van der Waals surface area contributed by atoms with Gasteiger partial charge >= 0.3 is 18.0 Å². The minimum absolute atomic E-state index is 0.00126. The van der Waals surface area contributed by atoms with Crippen molar-refractivity contribution in [2.75, 3.05) is 0 Å². The molecular formula is C58H83N5O6. The van der Waals surface area contributed by atoms with Crippen LogP contribution in [0.25, 0.3) is 0 Å². The Morgan fingerprint density at radius 2 is 1.45 bits per heavy atom. The number of esters is 1. The third kappa shape index (κ3) is 6.67. The topological polar surface area (TPSA) is 144 Å². The van der Waals surface area contributed by atoms with Crippen LogP contribution < -0.4 is 5.32 Å². The van der Waals surface area contributed by atoms with E-state index in [1.54, 1.807) is 0 Å². The summed E-state index contributed by atoms with van der Waals surface area (Å²) >= 11 is 0. The van der Waals surface area contributed by atoms with Crippen molar-refractivity contribution in [3.63, 3.8) is 0 Å². The van der Waals surface area contributed by atoms with E-state index >= 15 is 4.79 Å². The van der Waals surface area contributed by atoms with E-state index in [1.165, 1.54) is 5.57 Å². The number of nitrogens with one attached hydrogen (secondary N) is 1. The second-order valence-corrected chi connectivity index (χ2v) is 26.5. The number of carbonyl (C=O) groups excluding carboxylic acids is 3. The van der Waals surface area contributed by atoms with Crippen LogP contribution in [0.3, 0.4) is 0 Å². The number of carbonyl (C=O) groups is 4. The Hall–Kier alpha value is -4.02. The predicted molar refractivity (Wildman–Crippen MR) is 266 cm³/mol. The number of amides is 2. The van der Waals surface area contributed by atoms with Crippen molar-refractivity contribution < 1.29 is 29.0 Å². The van der Waals surface area contributed by atoms with Crippen molar-refractivity contribution in [1.29, 1.82) is 0 Å². The Morgan fingerprint density at radius 1 is 0.783 bits per heavy atom. The molecule has 10 rings (SSSR count). The fraction of sp³-hybridized carbons (Fsp3) is 0.759. The molecule has 0 spiro atoms. The lowest BCUT2D eigenvalue weighted by Crippen LogP contribution is -2.71. The number of carboxylic acids is 1. The van der Waals surface area contributed by atoms with E-state index in [2.05, 4.69) is 94.2 Å². The first kappa shape index (κ1) is 48.6. The first-order valence-corrected chi connectivity index (χ1v) is 27.1. The maximum atomic E-state index is 15.0. The Kier molecular flexibility index (Phi) is 11.4. The summed E-state index contributed by atoms with van der Waals surface area (Å²) in [4.78, 5) is 59.3. The van der Waals surface area contributed by atoms with Crippen LogP contribution in [0.5, 0.6) is 0 Å². The summed E-state index contributed by atoms with van der Waals surface area (Å²) in [5, 5.41) is 24.1. The number of allylic oxidation sites excluding steroid dienone is 1. The Labute approximate surface area is 412 Å². The van der Waals surface area contributed by atoms with Crippen LogP contribution in [0.2, 0.25) is 0 Å². The number of aliphatic carboxylic acids is 1. The summed E-state index contributed by atoms with van der Waals surface area (Å²) < 4.78 is 8.21. The third-order valence-corrected chi connectivity index (χ3v) is 22.6. The summed E-state index contributed by atoms with van der Waals surface area (Å²) in [7, 11) is 0. The van der Waals surface area contributed by atoms with Crippen LogP contribution in [0.15, 0.2) is 41.5 Å². The Bertz CT molecular complexity index is 2440. The summed E-state index contributed by atoms with van der Waals surface area (Å²) in [5.74, 6) is 1.87. The van der Waals surface area contributed by atoms with Gasteiger partial charge in [-0.15, -0.1) is 10.2 Å². The number of hydrogen-bond donors (Lipinski definition) is 2. The molecule has 6 aliphatic carbocycles. The fourth-order valence-electron chi connectivity index (χ4n) is 19.2. The molecule has 0 unspecified atom stereocenters. The van der Waals surface area contributed by atoms with Gasteiger partial charge in [-0.3, -0.25) is 14.4 Å². The predicted octanol–water partition coefficient (Wildman–Crippen LogP) is 11.8. The molecule has 2 aromatic rings. The molecule has 8 aliphatic rings. The number of piperidine rings is 1. The molecule has 1 aromatic heterocycles. The van der Waals surface area contributed by atoms with Crippen molar-refractivity contribution >= 4 is 23.8 Å². The quantitative estimate of drug-likeness (QED) is 0.237. The number of nitrogens with zero attached hydrogens (tertiary/aromatic N) is 4. The van der Waals surface area contributed by atoms with Crippen molar-refractivity contribution in [3.05, 3.63) is 58.7 Å². The van der Waals surface area contributed by atoms with E-state index < -0.39 is 28.3 Å². The van der Waals surface area contributed by atoms with Crippen LogP contribution in [-0.2, 0) is 25.7 Å². The van der Waals surface area contributed by atoms with Crippen LogP contribution in [0, 0.1) is 74.9 Å². The zero-order valence-electron chi connectivity index (χ0n) is 44.0. The molecule has 0 radical (unpaired) electrons. The van der Waals surface area contributed by atoms with E-state index in [-0.39, 0.29) is 87.8 Å². The van der Waals surface area contributed by atoms with Gasteiger partial charge in [-0.2, -0.15) is 0 Å². The molecule has 2 saturated heterocycles. The molecule has 5 saturated carbocycles. The van der Waals surface area contributed by atoms with Crippen LogP contribution in [0.4, 0.5) is 4.79 Å². The highest BCUT2D eigenvalue weighted by Gasteiger charge is 2.76. The monoisotopic (exact) mass is 946 g/mol. The van der Waals surface area contributed by atoms with Crippen LogP contribution >= 0.6 is 0 Å². The molecule has 2 N–H and O–H groups in total. The average molecular weight is 946 g/mol. The minimum atomic E-state index is -1.03. The van der Waals surface area contributed by atoms with Gasteiger partial charge in [0, 0.05) is 30.5 Å². The number of carboxylic acid groups (broad SMARTS) is 1. The summed E-state index contributed by atoms with van der Waals surface area (Å²) in [6.45, 7) is 27.4. The number of aromatic nitrogens is 3. The third-order valence-electron chi connectivity index (χ3n) is 22.6. The van der Waals surface area contributed by atoms with Gasteiger partial charge in [-0.1, -0.05) is 106 Å². The summed E-state index contributed by atoms with van der Waals surface area (Å²) in [5.41, 5.74) is 0.325.